The molecule has 1 heterocycles. The largest absolute Gasteiger partial charge is 0.359 e. The standard InChI is InChI=1S/C20H28N2S/c1-20(2)13-18(21-16-9-5-3-6-10-16)17(19(23)14-20)15-22-11-7-4-8-12-22/h3,5-6,9-10,21H,4,7-8,11-15H2,1-2H3. The number of likely N-dealkylation sites (tertiary alicyclic amines) is 1. The lowest BCUT2D eigenvalue weighted by atomic mass is 9.76. The average molecular weight is 329 g/mol. The van der Waals surface area contributed by atoms with Crippen molar-refractivity contribution in [2.24, 2.45) is 5.41 Å². The average Bonchev–Trinajstić information content (AvgIpc) is 2.52. The van der Waals surface area contributed by atoms with Crippen LogP contribution in [0.1, 0.15) is 46.0 Å². The monoisotopic (exact) mass is 328 g/mol. The van der Waals surface area contributed by atoms with Gasteiger partial charge in [-0.15, -0.1) is 0 Å². The van der Waals surface area contributed by atoms with Gasteiger partial charge in [0.2, 0.25) is 0 Å². The van der Waals surface area contributed by atoms with E-state index in [9.17, 15) is 0 Å². The summed E-state index contributed by atoms with van der Waals surface area (Å²) >= 11 is 5.81. The molecule has 1 N–H and O–H groups in total. The lowest BCUT2D eigenvalue weighted by Gasteiger charge is -2.37. The van der Waals surface area contributed by atoms with Crippen LogP contribution in [0.3, 0.4) is 0 Å². The maximum atomic E-state index is 5.81. The minimum Gasteiger partial charge on any atom is -0.359 e. The van der Waals surface area contributed by atoms with E-state index >= 15 is 0 Å². The maximum Gasteiger partial charge on any atom is 0.0381 e. The SMILES string of the molecule is CC1(C)CC(=S)C(CN2CCCCC2)=C(Nc2ccccc2)C1. The fourth-order valence-corrected chi connectivity index (χ4v) is 4.28. The molecule has 0 amide bonds. The predicted octanol–water partition coefficient (Wildman–Crippen LogP) is 5.03. The van der Waals surface area contributed by atoms with Gasteiger partial charge in [0.15, 0.2) is 0 Å². The number of benzene rings is 1. The second kappa shape index (κ2) is 7.14. The van der Waals surface area contributed by atoms with Crippen molar-refractivity contribution in [3.8, 4) is 0 Å². The summed E-state index contributed by atoms with van der Waals surface area (Å²) in [6.45, 7) is 8.10. The van der Waals surface area contributed by atoms with Crippen molar-refractivity contribution in [1.82, 2.24) is 4.90 Å². The molecule has 2 aliphatic rings. The number of para-hydroxylation sites is 1. The van der Waals surface area contributed by atoms with E-state index in [4.69, 9.17) is 12.2 Å². The van der Waals surface area contributed by atoms with Crippen molar-refractivity contribution in [3.05, 3.63) is 41.6 Å². The molecule has 0 spiro atoms. The third kappa shape index (κ3) is 4.42. The molecule has 1 aromatic carbocycles. The first kappa shape index (κ1) is 16.7. The van der Waals surface area contributed by atoms with Crippen LogP contribution in [-0.4, -0.2) is 29.4 Å². The Morgan fingerprint density at radius 2 is 1.74 bits per heavy atom. The van der Waals surface area contributed by atoms with Gasteiger partial charge in [0, 0.05) is 22.8 Å². The van der Waals surface area contributed by atoms with Gasteiger partial charge in [-0.05, 0) is 61.9 Å². The molecule has 1 saturated heterocycles. The number of rotatable bonds is 4. The van der Waals surface area contributed by atoms with Gasteiger partial charge in [0.25, 0.3) is 0 Å². The van der Waals surface area contributed by atoms with Crippen molar-refractivity contribution in [1.29, 1.82) is 0 Å². The van der Waals surface area contributed by atoms with Gasteiger partial charge in [0.1, 0.15) is 0 Å². The molecule has 0 radical (unpaired) electrons. The van der Waals surface area contributed by atoms with Crippen LogP contribution >= 0.6 is 12.2 Å². The molecule has 1 fully saturated rings. The van der Waals surface area contributed by atoms with Crippen LogP contribution in [0.2, 0.25) is 0 Å². The zero-order valence-electron chi connectivity index (χ0n) is 14.4. The molecular formula is C20H28N2S. The molecular weight excluding hydrogens is 300 g/mol. The second-order valence-electron chi connectivity index (χ2n) is 7.73. The van der Waals surface area contributed by atoms with Crippen molar-refractivity contribution in [3.63, 3.8) is 0 Å². The topological polar surface area (TPSA) is 15.3 Å². The molecule has 1 aliphatic carbocycles. The Bertz CT molecular complexity index is 583. The minimum absolute atomic E-state index is 0.250. The molecule has 1 aliphatic heterocycles. The van der Waals surface area contributed by atoms with Crippen molar-refractivity contribution in [2.75, 3.05) is 25.0 Å². The van der Waals surface area contributed by atoms with Gasteiger partial charge in [-0.2, -0.15) is 0 Å². The Morgan fingerprint density at radius 1 is 1.04 bits per heavy atom. The minimum atomic E-state index is 0.250. The van der Waals surface area contributed by atoms with Gasteiger partial charge in [0.05, 0.1) is 0 Å². The van der Waals surface area contributed by atoms with Gasteiger partial charge in [-0.25, -0.2) is 0 Å². The van der Waals surface area contributed by atoms with Crippen LogP contribution in [0.15, 0.2) is 41.6 Å². The predicted molar refractivity (Wildman–Crippen MR) is 103 cm³/mol. The Morgan fingerprint density at radius 3 is 2.43 bits per heavy atom. The lowest BCUT2D eigenvalue weighted by molar-refractivity contribution is 0.246. The number of anilines is 1. The first-order chi connectivity index (χ1) is 11.0. The summed E-state index contributed by atoms with van der Waals surface area (Å²) in [5, 5.41) is 3.67. The molecule has 0 unspecified atom stereocenters. The van der Waals surface area contributed by atoms with Gasteiger partial charge >= 0.3 is 0 Å². The number of hydrogen-bond acceptors (Lipinski definition) is 3. The lowest BCUT2D eigenvalue weighted by Crippen LogP contribution is -2.37. The quantitative estimate of drug-likeness (QED) is 0.781. The van der Waals surface area contributed by atoms with Gasteiger partial charge < -0.3 is 5.32 Å². The van der Waals surface area contributed by atoms with Gasteiger partial charge in [-0.3, -0.25) is 4.90 Å². The van der Waals surface area contributed by atoms with Crippen LogP contribution < -0.4 is 5.32 Å². The summed E-state index contributed by atoms with van der Waals surface area (Å²) in [7, 11) is 0. The molecule has 23 heavy (non-hydrogen) atoms. The second-order valence-corrected chi connectivity index (χ2v) is 8.22. The van der Waals surface area contributed by atoms with Crippen molar-refractivity contribution >= 4 is 22.8 Å². The third-order valence-electron chi connectivity index (χ3n) is 4.89. The molecule has 2 nitrogen and oxygen atoms in total. The highest BCUT2D eigenvalue weighted by Gasteiger charge is 2.31. The fraction of sp³-hybridized carbons (Fsp3) is 0.550. The van der Waals surface area contributed by atoms with E-state index in [2.05, 4.69) is 54.4 Å². The van der Waals surface area contributed by atoms with Crippen LogP contribution in [0.4, 0.5) is 5.69 Å². The number of piperidine rings is 1. The zero-order valence-corrected chi connectivity index (χ0v) is 15.2. The number of hydrogen-bond donors (Lipinski definition) is 1. The summed E-state index contributed by atoms with van der Waals surface area (Å²) in [4.78, 5) is 3.74. The molecule has 124 valence electrons. The van der Waals surface area contributed by atoms with E-state index in [0.29, 0.717) is 0 Å². The Labute approximate surface area is 146 Å². The van der Waals surface area contributed by atoms with E-state index < -0.39 is 0 Å². The Kier molecular flexibility index (Phi) is 5.17. The van der Waals surface area contributed by atoms with E-state index in [1.54, 1.807) is 0 Å². The Balaban J connectivity index is 1.85. The number of allylic oxidation sites excluding steroid dienone is 1. The third-order valence-corrected chi connectivity index (χ3v) is 5.29. The summed E-state index contributed by atoms with van der Waals surface area (Å²) in [5.41, 5.74) is 4.13. The molecule has 0 atom stereocenters. The number of thiocarbonyl (C=S) groups is 1. The van der Waals surface area contributed by atoms with Crippen LogP contribution in [0, 0.1) is 5.41 Å². The smallest absolute Gasteiger partial charge is 0.0381 e. The van der Waals surface area contributed by atoms with Crippen LogP contribution in [0.25, 0.3) is 0 Å². The van der Waals surface area contributed by atoms with E-state index in [0.717, 1.165) is 24.3 Å². The Hall–Kier alpha value is -1.19. The normalized spacial score (nSPS) is 22.3. The van der Waals surface area contributed by atoms with Crippen LogP contribution in [0.5, 0.6) is 0 Å². The van der Waals surface area contributed by atoms with Gasteiger partial charge in [-0.1, -0.05) is 50.7 Å². The highest BCUT2D eigenvalue weighted by Crippen LogP contribution is 2.38. The highest BCUT2D eigenvalue weighted by molar-refractivity contribution is 7.80. The summed E-state index contributed by atoms with van der Waals surface area (Å²) in [6.07, 6.45) is 6.14. The first-order valence-electron chi connectivity index (χ1n) is 8.83. The molecule has 3 rings (SSSR count). The van der Waals surface area contributed by atoms with Crippen LogP contribution in [-0.2, 0) is 0 Å². The molecule has 0 bridgehead atoms. The zero-order chi connectivity index (χ0) is 16.3. The molecule has 0 aromatic heterocycles. The first-order valence-corrected chi connectivity index (χ1v) is 9.24. The van der Waals surface area contributed by atoms with Crippen molar-refractivity contribution in [2.45, 2.75) is 46.0 Å². The summed E-state index contributed by atoms with van der Waals surface area (Å²) in [6, 6.07) is 10.5. The number of nitrogens with one attached hydrogen (secondary N) is 1. The van der Waals surface area contributed by atoms with E-state index in [-0.39, 0.29) is 5.41 Å². The molecule has 0 saturated carbocycles. The van der Waals surface area contributed by atoms with E-state index in [1.807, 2.05) is 0 Å². The molecule has 1 aromatic rings. The summed E-state index contributed by atoms with van der Waals surface area (Å²) < 4.78 is 0. The molecule has 3 heteroatoms. The summed E-state index contributed by atoms with van der Waals surface area (Å²) in [5.74, 6) is 0. The van der Waals surface area contributed by atoms with E-state index in [1.165, 1.54) is 49.3 Å². The highest BCUT2D eigenvalue weighted by atomic mass is 32.1. The fourth-order valence-electron chi connectivity index (χ4n) is 3.70. The van der Waals surface area contributed by atoms with Crippen molar-refractivity contribution < 1.29 is 0 Å². The maximum absolute atomic E-state index is 5.81. The number of nitrogens with zero attached hydrogens (tertiary/aromatic N) is 1.